The Bertz CT molecular complexity index is 16.4. The van der Waals surface area contributed by atoms with Crippen LogP contribution in [-0.2, 0) is 0 Å². The van der Waals surface area contributed by atoms with Crippen molar-refractivity contribution in [1.82, 2.24) is 0 Å². The minimum absolute atomic E-state index is 0. The summed E-state index contributed by atoms with van der Waals surface area (Å²) in [5, 5.41) is 0. The molecule has 0 amide bonds. The first-order valence-electron chi connectivity index (χ1n) is 1.50. The second-order valence-corrected chi connectivity index (χ2v) is 1.50. The quantitative estimate of drug-likeness (QED) is 0.216. The predicted octanol–water partition coefficient (Wildman–Crippen LogP) is -4.26. The Labute approximate surface area is 96.5 Å². The van der Waals surface area contributed by atoms with Crippen molar-refractivity contribution < 1.29 is 71.7 Å². The SMILES string of the molecule is C[C-](C)C.[H-].[K+].[Li+]. The Hall–Kier alpha value is 2.23. The van der Waals surface area contributed by atoms with E-state index in [9.17, 15) is 0 Å². The molecule has 0 atom stereocenters. The van der Waals surface area contributed by atoms with Crippen molar-refractivity contribution in [3.05, 3.63) is 5.92 Å². The molecule has 28 valence electrons. The van der Waals surface area contributed by atoms with Gasteiger partial charge in [-0.25, -0.2) is 0 Å². The summed E-state index contributed by atoms with van der Waals surface area (Å²) >= 11 is 0. The second-order valence-electron chi connectivity index (χ2n) is 1.50. The van der Waals surface area contributed by atoms with E-state index in [4.69, 9.17) is 0 Å². The van der Waals surface area contributed by atoms with E-state index in [1.54, 1.807) is 0 Å². The zero-order chi connectivity index (χ0) is 3.58. The fourth-order valence-electron chi connectivity index (χ4n) is 0. The third kappa shape index (κ3) is 34.2. The molecule has 2 heteroatoms. The monoisotopic (exact) mass is 104 g/mol. The standard InChI is InChI=1S/C4H9.K.Li.H/c1-4(2)3;;;/h1-3H3;;;/q-1;2*+1;-1. The van der Waals surface area contributed by atoms with Crippen LogP contribution < -0.4 is 70.2 Å². The molecule has 0 heterocycles. The van der Waals surface area contributed by atoms with Gasteiger partial charge in [0.25, 0.3) is 0 Å². The molecule has 0 radical (unpaired) electrons. The summed E-state index contributed by atoms with van der Waals surface area (Å²) in [7, 11) is 0. The van der Waals surface area contributed by atoms with Crippen molar-refractivity contribution in [3.8, 4) is 0 Å². The number of hydrogen-bond donors (Lipinski definition) is 0. The Kier molecular flexibility index (Phi) is 26.9. The van der Waals surface area contributed by atoms with Crippen LogP contribution in [0.2, 0.25) is 0 Å². The zero-order valence-electron chi connectivity index (χ0n) is 6.50. The van der Waals surface area contributed by atoms with Gasteiger partial charge in [0.1, 0.15) is 0 Å². The number of rotatable bonds is 0. The van der Waals surface area contributed by atoms with E-state index in [1.165, 1.54) is 5.92 Å². The van der Waals surface area contributed by atoms with Gasteiger partial charge in [0, 0.05) is 0 Å². The van der Waals surface area contributed by atoms with Crippen molar-refractivity contribution in [2.24, 2.45) is 0 Å². The van der Waals surface area contributed by atoms with Crippen LogP contribution in [0.3, 0.4) is 0 Å². The Balaban J connectivity index is -0.0000000150. The van der Waals surface area contributed by atoms with E-state index in [2.05, 4.69) is 20.8 Å². The summed E-state index contributed by atoms with van der Waals surface area (Å²) in [4.78, 5) is 0. The maximum absolute atomic E-state index is 2.08. The summed E-state index contributed by atoms with van der Waals surface area (Å²) < 4.78 is 0. The van der Waals surface area contributed by atoms with E-state index in [0.717, 1.165) is 0 Å². The summed E-state index contributed by atoms with van der Waals surface area (Å²) in [5.74, 6) is 1.42. The van der Waals surface area contributed by atoms with Gasteiger partial charge in [0.15, 0.2) is 0 Å². The summed E-state index contributed by atoms with van der Waals surface area (Å²) in [6.07, 6.45) is 0. The van der Waals surface area contributed by atoms with Crippen LogP contribution in [0, 0.1) is 5.92 Å². The predicted molar refractivity (Wildman–Crippen MR) is 21.4 cm³/mol. The van der Waals surface area contributed by atoms with Gasteiger partial charge >= 0.3 is 70.2 Å². The average Bonchev–Trinajstić information content (AvgIpc) is 0.811. The molecule has 0 N–H and O–H groups in total. The van der Waals surface area contributed by atoms with Gasteiger partial charge in [0.05, 0.1) is 0 Å². The van der Waals surface area contributed by atoms with Gasteiger partial charge in [-0.15, -0.1) is 0 Å². The molecule has 0 rings (SSSR count). The van der Waals surface area contributed by atoms with Gasteiger partial charge in [-0.3, -0.25) is 0 Å². The van der Waals surface area contributed by atoms with E-state index in [-0.39, 0.29) is 71.7 Å². The van der Waals surface area contributed by atoms with Crippen molar-refractivity contribution in [3.63, 3.8) is 0 Å². The molecule has 0 saturated carbocycles. The maximum atomic E-state index is 2.08. The molecule has 0 spiro atoms. The molecule has 0 aliphatic rings. The Morgan fingerprint density at radius 3 is 1.17 bits per heavy atom. The third-order valence-electron chi connectivity index (χ3n) is 0. The molecular formula is C4H10KLi. The van der Waals surface area contributed by atoms with E-state index in [1.807, 2.05) is 0 Å². The van der Waals surface area contributed by atoms with Crippen LogP contribution in [0.4, 0.5) is 0 Å². The second kappa shape index (κ2) is 10.3. The van der Waals surface area contributed by atoms with Crippen molar-refractivity contribution in [1.29, 1.82) is 0 Å². The van der Waals surface area contributed by atoms with Crippen LogP contribution in [0.1, 0.15) is 22.2 Å². The number of hydrogen-bond acceptors (Lipinski definition) is 0. The maximum Gasteiger partial charge on any atom is 1.00 e. The molecule has 0 aromatic rings. The molecular weight excluding hydrogens is 94.1 g/mol. The first kappa shape index (κ1) is 15.7. The minimum atomic E-state index is 0. The summed E-state index contributed by atoms with van der Waals surface area (Å²) in [5.41, 5.74) is 0. The molecule has 0 unspecified atom stereocenters. The molecule has 0 fully saturated rings. The largest absolute Gasteiger partial charge is 1.00 e. The minimum Gasteiger partial charge on any atom is -1.00 e. The van der Waals surface area contributed by atoms with Crippen molar-refractivity contribution in [2.45, 2.75) is 20.8 Å². The van der Waals surface area contributed by atoms with E-state index < -0.39 is 0 Å². The van der Waals surface area contributed by atoms with Crippen LogP contribution in [-0.4, -0.2) is 0 Å². The molecule has 0 aliphatic carbocycles. The third-order valence-corrected chi connectivity index (χ3v) is 0. The molecule has 0 aliphatic heterocycles. The van der Waals surface area contributed by atoms with Crippen molar-refractivity contribution >= 4 is 0 Å². The summed E-state index contributed by atoms with van der Waals surface area (Å²) in [6, 6.07) is 0. The Morgan fingerprint density at radius 2 is 1.17 bits per heavy atom. The van der Waals surface area contributed by atoms with Gasteiger partial charge in [-0.1, -0.05) is 0 Å². The first-order chi connectivity index (χ1) is 1.73. The van der Waals surface area contributed by atoms with Gasteiger partial charge in [-0.2, -0.15) is 20.8 Å². The normalized spacial score (nSPS) is 6.00. The Morgan fingerprint density at radius 1 is 1.17 bits per heavy atom. The molecule has 0 nitrogen and oxygen atoms in total. The molecule has 0 saturated heterocycles. The van der Waals surface area contributed by atoms with Gasteiger partial charge in [-0.05, 0) is 0 Å². The van der Waals surface area contributed by atoms with Crippen LogP contribution >= 0.6 is 0 Å². The van der Waals surface area contributed by atoms with Gasteiger partial charge in [0.2, 0.25) is 0 Å². The van der Waals surface area contributed by atoms with E-state index >= 15 is 0 Å². The average molecular weight is 104 g/mol. The molecule has 0 aromatic heterocycles. The topological polar surface area (TPSA) is 0 Å². The van der Waals surface area contributed by atoms with Crippen LogP contribution in [0.15, 0.2) is 0 Å². The zero-order valence-corrected chi connectivity index (χ0v) is 8.62. The smallest absolute Gasteiger partial charge is 1.00 e. The molecule has 0 bridgehead atoms. The molecule has 0 aromatic carbocycles. The van der Waals surface area contributed by atoms with Crippen molar-refractivity contribution in [2.75, 3.05) is 0 Å². The van der Waals surface area contributed by atoms with Crippen LogP contribution in [0.5, 0.6) is 0 Å². The molecule has 6 heavy (non-hydrogen) atoms. The van der Waals surface area contributed by atoms with E-state index in [0.29, 0.717) is 0 Å². The first-order valence-corrected chi connectivity index (χ1v) is 1.50. The summed E-state index contributed by atoms with van der Waals surface area (Å²) in [6.45, 7) is 6.25. The fourth-order valence-corrected chi connectivity index (χ4v) is 0. The fraction of sp³-hybridized carbons (Fsp3) is 0.750. The van der Waals surface area contributed by atoms with Crippen LogP contribution in [0.25, 0.3) is 0 Å². The van der Waals surface area contributed by atoms with Gasteiger partial charge < -0.3 is 7.34 Å².